The van der Waals surface area contributed by atoms with Gasteiger partial charge >= 0.3 is 0 Å². The highest BCUT2D eigenvalue weighted by Crippen LogP contribution is 2.26. The van der Waals surface area contributed by atoms with Crippen molar-refractivity contribution in [3.05, 3.63) is 30.1 Å². The minimum absolute atomic E-state index is 0.161. The van der Waals surface area contributed by atoms with E-state index in [1.165, 1.54) is 21.9 Å². The first-order valence-electron chi connectivity index (χ1n) is 6.36. The fourth-order valence-corrected chi connectivity index (χ4v) is 2.23. The number of benzene rings is 1. The molecule has 0 aliphatic carbocycles. The molecule has 1 fully saturated rings. The van der Waals surface area contributed by atoms with Crippen molar-refractivity contribution in [2.24, 2.45) is 5.92 Å². The summed E-state index contributed by atoms with van der Waals surface area (Å²) in [6.07, 6.45) is 0.485. The van der Waals surface area contributed by atoms with Gasteiger partial charge in [0.2, 0.25) is 11.8 Å². The zero-order valence-corrected chi connectivity index (χ0v) is 11.1. The summed E-state index contributed by atoms with van der Waals surface area (Å²) in [5.74, 6) is -1.42. The molecule has 1 heterocycles. The van der Waals surface area contributed by atoms with Crippen LogP contribution in [0.25, 0.3) is 0 Å². The Morgan fingerprint density at radius 3 is 2.89 bits per heavy atom. The van der Waals surface area contributed by atoms with Crippen molar-refractivity contribution >= 4 is 17.5 Å². The van der Waals surface area contributed by atoms with Crippen molar-refractivity contribution in [1.29, 1.82) is 0 Å². The van der Waals surface area contributed by atoms with Crippen molar-refractivity contribution < 1.29 is 14.0 Å². The number of carbonyl (C=O) groups excluding carboxylic acids is 2. The normalized spacial score (nSPS) is 18.8. The number of rotatable bonds is 3. The molecule has 2 amide bonds. The number of carbonyl (C=O) groups is 2. The van der Waals surface area contributed by atoms with Crippen molar-refractivity contribution in [2.75, 3.05) is 25.0 Å². The van der Waals surface area contributed by atoms with Crippen molar-refractivity contribution in [2.45, 2.75) is 13.3 Å². The average molecular weight is 264 g/mol. The molecule has 4 nitrogen and oxygen atoms in total. The first kappa shape index (κ1) is 13.5. The van der Waals surface area contributed by atoms with Crippen molar-refractivity contribution in [1.82, 2.24) is 4.90 Å². The lowest BCUT2D eigenvalue weighted by molar-refractivity contribution is -0.138. The van der Waals surface area contributed by atoms with Gasteiger partial charge in [0.1, 0.15) is 11.7 Å². The van der Waals surface area contributed by atoms with Crippen molar-refractivity contribution in [3.63, 3.8) is 0 Å². The Labute approximate surface area is 111 Å². The Bertz CT molecular complexity index is 504. The van der Waals surface area contributed by atoms with E-state index < -0.39 is 5.92 Å². The Hall–Kier alpha value is -1.91. The van der Waals surface area contributed by atoms with Crippen LogP contribution in [0.1, 0.15) is 13.3 Å². The van der Waals surface area contributed by atoms with E-state index in [0.717, 1.165) is 0 Å². The third-order valence-electron chi connectivity index (χ3n) is 3.47. The standard InChI is InChI=1S/C14H17FN2O2/c1-3-16(2)13(18)12-7-8-17(14(12)19)11-6-4-5-10(15)9-11/h4-6,9,12H,3,7-8H2,1-2H3. The predicted molar refractivity (Wildman–Crippen MR) is 70.2 cm³/mol. The summed E-state index contributed by atoms with van der Waals surface area (Å²) in [6.45, 7) is 2.89. The van der Waals surface area contributed by atoms with Gasteiger partial charge in [0, 0.05) is 25.8 Å². The van der Waals surface area contributed by atoms with Gasteiger partial charge in [-0.2, -0.15) is 0 Å². The van der Waals surface area contributed by atoms with Gasteiger partial charge in [-0.1, -0.05) is 6.07 Å². The number of amides is 2. The molecule has 1 aliphatic heterocycles. The minimum Gasteiger partial charge on any atom is -0.345 e. The highest BCUT2D eigenvalue weighted by molar-refractivity contribution is 6.09. The van der Waals surface area contributed by atoms with Crippen LogP contribution in [0.2, 0.25) is 0 Å². The molecular weight excluding hydrogens is 247 g/mol. The molecule has 2 rings (SSSR count). The van der Waals surface area contributed by atoms with E-state index in [0.29, 0.717) is 25.2 Å². The summed E-state index contributed by atoms with van der Waals surface area (Å²) in [4.78, 5) is 27.3. The molecule has 1 aliphatic rings. The van der Waals surface area contributed by atoms with E-state index in [4.69, 9.17) is 0 Å². The molecule has 0 radical (unpaired) electrons. The quantitative estimate of drug-likeness (QED) is 0.779. The number of halogens is 1. The van der Waals surface area contributed by atoms with E-state index in [1.54, 1.807) is 19.2 Å². The summed E-state index contributed by atoms with van der Waals surface area (Å²) >= 11 is 0. The molecule has 0 N–H and O–H groups in total. The largest absolute Gasteiger partial charge is 0.345 e. The Balaban J connectivity index is 2.16. The van der Waals surface area contributed by atoms with Crippen LogP contribution in [0.5, 0.6) is 0 Å². The minimum atomic E-state index is -0.631. The van der Waals surface area contributed by atoms with Crippen LogP contribution in [0.4, 0.5) is 10.1 Å². The molecule has 5 heteroatoms. The van der Waals surface area contributed by atoms with Crippen LogP contribution in [0.15, 0.2) is 24.3 Å². The van der Waals surface area contributed by atoms with Gasteiger partial charge in [0.25, 0.3) is 0 Å². The molecule has 102 valence electrons. The summed E-state index contributed by atoms with van der Waals surface area (Å²) < 4.78 is 13.2. The van der Waals surface area contributed by atoms with E-state index in [1.807, 2.05) is 6.92 Å². The Morgan fingerprint density at radius 1 is 1.53 bits per heavy atom. The topological polar surface area (TPSA) is 40.6 Å². The van der Waals surface area contributed by atoms with Gasteiger partial charge in [-0.25, -0.2) is 4.39 Å². The lowest BCUT2D eigenvalue weighted by Crippen LogP contribution is -2.37. The second kappa shape index (κ2) is 5.38. The second-order valence-corrected chi connectivity index (χ2v) is 4.66. The van der Waals surface area contributed by atoms with Crippen LogP contribution in [0.3, 0.4) is 0 Å². The van der Waals surface area contributed by atoms with Crippen LogP contribution in [0, 0.1) is 11.7 Å². The second-order valence-electron chi connectivity index (χ2n) is 4.66. The van der Waals surface area contributed by atoms with Gasteiger partial charge in [-0.15, -0.1) is 0 Å². The molecule has 0 spiro atoms. The zero-order valence-electron chi connectivity index (χ0n) is 11.1. The number of hydrogen-bond acceptors (Lipinski definition) is 2. The molecular formula is C14H17FN2O2. The first-order valence-corrected chi connectivity index (χ1v) is 6.36. The summed E-state index contributed by atoms with van der Waals surface area (Å²) in [5.41, 5.74) is 0.513. The van der Waals surface area contributed by atoms with E-state index in [-0.39, 0.29) is 17.6 Å². The predicted octanol–water partition coefficient (Wildman–Crippen LogP) is 1.66. The highest BCUT2D eigenvalue weighted by Gasteiger charge is 2.38. The van der Waals surface area contributed by atoms with E-state index >= 15 is 0 Å². The van der Waals surface area contributed by atoms with Crippen LogP contribution in [-0.4, -0.2) is 36.9 Å². The number of anilines is 1. The maximum Gasteiger partial charge on any atom is 0.239 e. The van der Waals surface area contributed by atoms with Gasteiger partial charge in [-0.05, 0) is 31.5 Å². The van der Waals surface area contributed by atoms with Gasteiger partial charge in [0.15, 0.2) is 0 Å². The van der Waals surface area contributed by atoms with E-state index in [2.05, 4.69) is 0 Å². The summed E-state index contributed by atoms with van der Waals surface area (Å²) in [7, 11) is 1.68. The number of nitrogens with zero attached hydrogens (tertiary/aromatic N) is 2. The third kappa shape index (κ3) is 2.59. The maximum atomic E-state index is 13.2. The fourth-order valence-electron chi connectivity index (χ4n) is 2.23. The fraction of sp³-hybridized carbons (Fsp3) is 0.429. The average Bonchev–Trinajstić information content (AvgIpc) is 2.78. The molecule has 1 saturated heterocycles. The molecule has 19 heavy (non-hydrogen) atoms. The van der Waals surface area contributed by atoms with Crippen LogP contribution >= 0.6 is 0 Å². The lowest BCUT2D eigenvalue weighted by atomic mass is 10.1. The smallest absolute Gasteiger partial charge is 0.239 e. The molecule has 0 aromatic heterocycles. The molecule has 1 aromatic carbocycles. The zero-order chi connectivity index (χ0) is 14.0. The highest BCUT2D eigenvalue weighted by atomic mass is 19.1. The molecule has 1 aromatic rings. The lowest BCUT2D eigenvalue weighted by Gasteiger charge is -2.20. The number of hydrogen-bond donors (Lipinski definition) is 0. The molecule has 0 bridgehead atoms. The summed E-state index contributed by atoms with van der Waals surface area (Å²) in [5, 5.41) is 0. The Morgan fingerprint density at radius 2 is 2.26 bits per heavy atom. The SMILES string of the molecule is CCN(C)C(=O)C1CCN(c2cccc(F)c2)C1=O. The van der Waals surface area contributed by atoms with Gasteiger partial charge in [0.05, 0.1) is 0 Å². The summed E-state index contributed by atoms with van der Waals surface area (Å²) in [6, 6.07) is 5.88. The van der Waals surface area contributed by atoms with Gasteiger partial charge < -0.3 is 9.80 Å². The molecule has 0 saturated carbocycles. The first-order chi connectivity index (χ1) is 9.04. The third-order valence-corrected chi connectivity index (χ3v) is 3.47. The van der Waals surface area contributed by atoms with E-state index in [9.17, 15) is 14.0 Å². The molecule has 1 atom stereocenters. The van der Waals surface area contributed by atoms with Crippen molar-refractivity contribution in [3.8, 4) is 0 Å². The van der Waals surface area contributed by atoms with Crippen LogP contribution < -0.4 is 4.90 Å². The molecule has 1 unspecified atom stereocenters. The Kier molecular flexibility index (Phi) is 3.83. The monoisotopic (exact) mass is 264 g/mol. The van der Waals surface area contributed by atoms with Gasteiger partial charge in [-0.3, -0.25) is 9.59 Å². The maximum absolute atomic E-state index is 13.2. The van der Waals surface area contributed by atoms with Crippen LogP contribution in [-0.2, 0) is 9.59 Å².